The zero-order valence-electron chi connectivity index (χ0n) is 15.1. The van der Waals surface area contributed by atoms with E-state index < -0.39 is 11.8 Å². The van der Waals surface area contributed by atoms with Gasteiger partial charge in [-0.1, -0.05) is 18.2 Å². The number of benzene rings is 2. The van der Waals surface area contributed by atoms with Gasteiger partial charge in [0.2, 0.25) is 0 Å². The van der Waals surface area contributed by atoms with Crippen LogP contribution in [0.1, 0.15) is 5.56 Å². The zero-order valence-corrected chi connectivity index (χ0v) is 15.1. The van der Waals surface area contributed by atoms with Crippen molar-refractivity contribution in [2.75, 3.05) is 11.9 Å². The predicted octanol–water partition coefficient (Wildman–Crippen LogP) is 2.86. The number of allylic oxidation sites excluding steroid dienone is 1. The molecule has 0 spiro atoms. The maximum absolute atomic E-state index is 11.9. The number of anilines is 2. The molecule has 3 aromatic rings. The summed E-state index contributed by atoms with van der Waals surface area (Å²) in [5.41, 5.74) is 2.14. The molecule has 1 N–H and O–H groups in total. The quantitative estimate of drug-likeness (QED) is 0.638. The summed E-state index contributed by atoms with van der Waals surface area (Å²) in [5.74, 6) is 0.0883. The van der Waals surface area contributed by atoms with Gasteiger partial charge in [0.15, 0.2) is 6.61 Å². The Morgan fingerprint density at radius 1 is 1.00 bits per heavy atom. The summed E-state index contributed by atoms with van der Waals surface area (Å²) in [6, 6.07) is 12.7. The number of nitrogens with one attached hydrogen (secondary N) is 1. The maximum Gasteiger partial charge on any atom is 0.283 e. The minimum absolute atomic E-state index is 0.235. The molecule has 0 radical (unpaired) electrons. The summed E-state index contributed by atoms with van der Waals surface area (Å²) in [6.45, 7) is -0.235. The lowest BCUT2D eigenvalue weighted by Crippen LogP contribution is -2.08. The highest BCUT2D eigenvalue weighted by Crippen LogP contribution is 2.27. The van der Waals surface area contributed by atoms with E-state index in [4.69, 9.17) is 4.74 Å². The average molecular weight is 385 g/mol. The van der Waals surface area contributed by atoms with Crippen molar-refractivity contribution in [1.82, 2.24) is 9.97 Å². The molecule has 2 amide bonds. The maximum atomic E-state index is 11.9. The van der Waals surface area contributed by atoms with Crippen molar-refractivity contribution in [2.24, 2.45) is 9.98 Å². The van der Waals surface area contributed by atoms with Gasteiger partial charge in [0.05, 0.1) is 5.52 Å². The highest BCUT2D eigenvalue weighted by molar-refractivity contribution is 6.02. The Labute approximate surface area is 165 Å². The number of aliphatic imine (C=N–C) groups is 2. The lowest BCUT2D eigenvalue weighted by molar-refractivity contribution is -0.119. The molecule has 0 aliphatic carbocycles. The van der Waals surface area contributed by atoms with Crippen LogP contribution in [-0.4, -0.2) is 40.8 Å². The molecule has 29 heavy (non-hydrogen) atoms. The minimum atomic E-state index is -0.481. The van der Waals surface area contributed by atoms with Crippen LogP contribution in [0.2, 0.25) is 0 Å². The largest absolute Gasteiger partial charge is 0.484 e. The van der Waals surface area contributed by atoms with Crippen molar-refractivity contribution < 1.29 is 14.3 Å². The SMILES string of the molecule is O=C1/C=C\C=NC(=O)COc2ccc3ncnc(c3c2)Nc2ccccc2C=N1. The standard InChI is InChI=1S/C21H15N5O3/c27-19-6-3-9-22-20(28)12-29-15-7-8-18-16(10-15)21(25-13-24-18)26-17-5-2-1-4-14(17)11-23-19/h1-11,13H,12H2,(H,24,25,26)/b6-3-,22-9?,23-11?. The minimum Gasteiger partial charge on any atom is -0.484 e. The van der Waals surface area contributed by atoms with Gasteiger partial charge in [-0.05, 0) is 30.3 Å². The molecule has 0 unspecified atom stereocenters. The van der Waals surface area contributed by atoms with Crippen LogP contribution in [0, 0.1) is 0 Å². The fourth-order valence-corrected chi connectivity index (χ4v) is 2.69. The first-order valence-corrected chi connectivity index (χ1v) is 8.74. The second-order valence-electron chi connectivity index (χ2n) is 6.03. The predicted molar refractivity (Wildman–Crippen MR) is 110 cm³/mol. The van der Waals surface area contributed by atoms with Crippen LogP contribution in [-0.2, 0) is 9.59 Å². The summed E-state index contributed by atoms with van der Waals surface area (Å²) >= 11 is 0. The first kappa shape index (κ1) is 18.2. The Bertz CT molecular complexity index is 1180. The summed E-state index contributed by atoms with van der Waals surface area (Å²) in [6.07, 6.45) is 6.74. The van der Waals surface area contributed by atoms with E-state index >= 15 is 0 Å². The van der Waals surface area contributed by atoms with Crippen LogP contribution >= 0.6 is 0 Å². The summed E-state index contributed by atoms with van der Waals surface area (Å²) in [7, 11) is 0. The molecule has 142 valence electrons. The molecule has 1 aliphatic heterocycles. The van der Waals surface area contributed by atoms with Crippen LogP contribution in [0.3, 0.4) is 0 Å². The molecule has 0 saturated heterocycles. The lowest BCUT2D eigenvalue weighted by Gasteiger charge is -2.11. The normalized spacial score (nSPS) is 15.4. The number of amides is 2. The number of carbonyl (C=O) groups is 2. The Balaban J connectivity index is 1.81. The molecule has 8 heteroatoms. The number of ether oxygens (including phenoxy) is 1. The van der Waals surface area contributed by atoms with E-state index in [1.54, 1.807) is 18.2 Å². The summed E-state index contributed by atoms with van der Waals surface area (Å²) in [4.78, 5) is 39.9. The third-order valence-electron chi connectivity index (χ3n) is 4.06. The Morgan fingerprint density at radius 2 is 1.90 bits per heavy atom. The van der Waals surface area contributed by atoms with Gasteiger partial charge in [-0.25, -0.2) is 20.0 Å². The van der Waals surface area contributed by atoms with Crippen molar-refractivity contribution in [3.63, 3.8) is 0 Å². The van der Waals surface area contributed by atoms with E-state index in [2.05, 4.69) is 25.3 Å². The molecule has 0 atom stereocenters. The van der Waals surface area contributed by atoms with Gasteiger partial charge in [-0.2, -0.15) is 0 Å². The summed E-state index contributed by atoms with van der Waals surface area (Å²) in [5, 5.41) is 3.97. The molecule has 1 aliphatic rings. The van der Waals surface area contributed by atoms with Crippen LogP contribution < -0.4 is 10.1 Å². The number of hydrogen-bond donors (Lipinski definition) is 1. The third-order valence-corrected chi connectivity index (χ3v) is 4.06. The van der Waals surface area contributed by atoms with E-state index in [1.165, 1.54) is 30.9 Å². The number of para-hydroxylation sites is 1. The van der Waals surface area contributed by atoms with Gasteiger partial charge >= 0.3 is 0 Å². The smallest absolute Gasteiger partial charge is 0.283 e. The van der Waals surface area contributed by atoms with Gasteiger partial charge in [0.25, 0.3) is 11.8 Å². The Hall–Kier alpha value is -4.20. The highest BCUT2D eigenvalue weighted by Gasteiger charge is 2.09. The van der Waals surface area contributed by atoms with Gasteiger partial charge in [0.1, 0.15) is 17.9 Å². The number of fused-ring (bicyclic) bond motifs is 2. The van der Waals surface area contributed by atoms with Crippen LogP contribution in [0.4, 0.5) is 11.5 Å². The van der Waals surface area contributed by atoms with Crippen LogP contribution in [0.15, 0.2) is 70.9 Å². The first-order valence-electron chi connectivity index (χ1n) is 8.74. The van der Waals surface area contributed by atoms with Crippen LogP contribution in [0.5, 0.6) is 5.75 Å². The molecule has 2 aromatic carbocycles. The number of hydrogen-bond acceptors (Lipinski definition) is 6. The van der Waals surface area contributed by atoms with Crippen molar-refractivity contribution >= 4 is 46.7 Å². The topological polar surface area (TPSA) is 106 Å². The van der Waals surface area contributed by atoms with Gasteiger partial charge in [0, 0.05) is 35.1 Å². The molecule has 4 rings (SSSR count). The molecule has 0 fully saturated rings. The Kier molecular flexibility index (Phi) is 5.15. The third kappa shape index (κ3) is 4.38. The second-order valence-corrected chi connectivity index (χ2v) is 6.03. The van der Waals surface area contributed by atoms with E-state index in [1.807, 2.05) is 24.3 Å². The van der Waals surface area contributed by atoms with E-state index in [0.29, 0.717) is 22.6 Å². The number of carbonyl (C=O) groups excluding carboxylic acids is 2. The van der Waals surface area contributed by atoms with Gasteiger partial charge < -0.3 is 10.1 Å². The van der Waals surface area contributed by atoms with Crippen molar-refractivity contribution in [3.8, 4) is 5.75 Å². The van der Waals surface area contributed by atoms with Crippen molar-refractivity contribution in [3.05, 3.63) is 66.5 Å². The van der Waals surface area contributed by atoms with Crippen molar-refractivity contribution in [1.29, 1.82) is 0 Å². The molecule has 0 saturated carbocycles. The van der Waals surface area contributed by atoms with E-state index in [-0.39, 0.29) is 6.61 Å². The van der Waals surface area contributed by atoms with E-state index in [0.717, 1.165) is 11.1 Å². The monoisotopic (exact) mass is 385 g/mol. The van der Waals surface area contributed by atoms with Crippen LogP contribution in [0.25, 0.3) is 10.9 Å². The first-order chi connectivity index (χ1) is 14.2. The van der Waals surface area contributed by atoms with Gasteiger partial charge in [-0.15, -0.1) is 0 Å². The second kappa shape index (κ2) is 8.22. The van der Waals surface area contributed by atoms with E-state index in [9.17, 15) is 9.59 Å². The molecular weight excluding hydrogens is 370 g/mol. The highest BCUT2D eigenvalue weighted by atomic mass is 16.5. The fourth-order valence-electron chi connectivity index (χ4n) is 2.69. The number of rotatable bonds is 0. The zero-order chi connectivity index (χ0) is 20.1. The molecular formula is C21H15N5O3. The number of aromatic nitrogens is 2. The molecule has 2 bridgehead atoms. The average Bonchev–Trinajstić information content (AvgIpc) is 2.74. The molecule has 1 aromatic heterocycles. The Morgan fingerprint density at radius 3 is 2.83 bits per heavy atom. The molecule has 8 nitrogen and oxygen atoms in total. The lowest BCUT2D eigenvalue weighted by atomic mass is 10.1. The van der Waals surface area contributed by atoms with Gasteiger partial charge in [-0.3, -0.25) is 9.59 Å². The molecule has 2 heterocycles. The fraction of sp³-hybridized carbons (Fsp3) is 0.0476. The summed E-state index contributed by atoms with van der Waals surface area (Å²) < 4.78 is 5.53. The van der Waals surface area contributed by atoms with Crippen molar-refractivity contribution in [2.45, 2.75) is 0 Å². The number of nitrogens with zero attached hydrogens (tertiary/aromatic N) is 4.